The number of rotatable bonds is 5. The van der Waals surface area contributed by atoms with Crippen LogP contribution in [0.4, 0.5) is 0 Å². The van der Waals surface area contributed by atoms with Crippen LogP contribution in [0.3, 0.4) is 0 Å². The number of hydrogen-bond acceptors (Lipinski definition) is 4. The molecular weight excluding hydrogens is 436 g/mol. The van der Waals surface area contributed by atoms with Gasteiger partial charge < -0.3 is 4.90 Å². The third kappa shape index (κ3) is 4.72. The number of sulfonamides is 1. The van der Waals surface area contributed by atoms with Crippen molar-refractivity contribution in [2.75, 3.05) is 26.2 Å². The third-order valence-corrected chi connectivity index (χ3v) is 7.99. The Hall–Kier alpha value is -2.97. The Bertz CT molecular complexity index is 1240. The van der Waals surface area contributed by atoms with Crippen molar-refractivity contribution >= 4 is 15.9 Å². The Morgan fingerprint density at radius 1 is 0.909 bits per heavy atom. The molecule has 7 nitrogen and oxygen atoms in total. The summed E-state index contributed by atoms with van der Waals surface area (Å²) >= 11 is 0. The van der Waals surface area contributed by atoms with Crippen molar-refractivity contribution in [2.24, 2.45) is 0 Å². The number of nitrogens with zero attached hydrogens (tertiary/aromatic N) is 4. The van der Waals surface area contributed by atoms with Crippen molar-refractivity contribution in [1.82, 2.24) is 19.0 Å². The third-order valence-electron chi connectivity index (χ3n) is 6.08. The second-order valence-electron chi connectivity index (χ2n) is 8.81. The molecule has 1 saturated heterocycles. The summed E-state index contributed by atoms with van der Waals surface area (Å²) in [6.45, 7) is 9.38. The molecule has 0 N–H and O–H groups in total. The summed E-state index contributed by atoms with van der Waals surface area (Å²) in [5.74, 6) is 0.256. The normalized spacial score (nSPS) is 15.2. The van der Waals surface area contributed by atoms with Crippen LogP contribution in [-0.2, 0) is 10.0 Å². The van der Waals surface area contributed by atoms with Crippen molar-refractivity contribution < 1.29 is 13.2 Å². The Labute approximate surface area is 195 Å². The van der Waals surface area contributed by atoms with Crippen molar-refractivity contribution in [2.45, 2.75) is 38.5 Å². The highest BCUT2D eigenvalue weighted by Crippen LogP contribution is 2.22. The zero-order valence-corrected chi connectivity index (χ0v) is 20.3. The molecule has 1 aliphatic heterocycles. The molecule has 1 fully saturated rings. The summed E-state index contributed by atoms with van der Waals surface area (Å²) in [6, 6.07) is 16.5. The van der Waals surface area contributed by atoms with Gasteiger partial charge in [0.25, 0.3) is 5.91 Å². The van der Waals surface area contributed by atoms with Crippen LogP contribution in [0.25, 0.3) is 5.69 Å². The van der Waals surface area contributed by atoms with Gasteiger partial charge in [0.2, 0.25) is 10.0 Å². The average molecular weight is 467 g/mol. The van der Waals surface area contributed by atoms with E-state index in [1.54, 1.807) is 29.2 Å². The first kappa shape index (κ1) is 23.2. The first-order valence-corrected chi connectivity index (χ1v) is 12.6. The quantitative estimate of drug-likeness (QED) is 0.574. The van der Waals surface area contributed by atoms with Gasteiger partial charge in [-0.3, -0.25) is 4.79 Å². The fourth-order valence-electron chi connectivity index (χ4n) is 4.12. The number of amides is 1. The van der Waals surface area contributed by atoms with E-state index in [9.17, 15) is 13.2 Å². The van der Waals surface area contributed by atoms with E-state index in [2.05, 4.69) is 18.9 Å². The van der Waals surface area contributed by atoms with Crippen molar-refractivity contribution in [3.63, 3.8) is 0 Å². The van der Waals surface area contributed by atoms with Gasteiger partial charge >= 0.3 is 0 Å². The van der Waals surface area contributed by atoms with Crippen LogP contribution in [0.15, 0.2) is 59.5 Å². The van der Waals surface area contributed by atoms with Crippen LogP contribution in [0, 0.1) is 13.8 Å². The fraction of sp³-hybridized carbons (Fsp3) is 0.360. The minimum atomic E-state index is -3.57. The topological polar surface area (TPSA) is 75.5 Å². The highest BCUT2D eigenvalue weighted by molar-refractivity contribution is 7.89. The van der Waals surface area contributed by atoms with Crippen LogP contribution >= 0.6 is 0 Å². The molecule has 8 heteroatoms. The fourth-order valence-corrected chi connectivity index (χ4v) is 5.55. The Balaban J connectivity index is 1.41. The van der Waals surface area contributed by atoms with Crippen LogP contribution in [0.1, 0.15) is 47.1 Å². The smallest absolute Gasteiger partial charge is 0.253 e. The van der Waals surface area contributed by atoms with Crippen molar-refractivity contribution in [3.8, 4) is 5.69 Å². The monoisotopic (exact) mass is 466 g/mol. The molecule has 2 heterocycles. The highest BCUT2D eigenvalue weighted by Gasteiger charge is 2.30. The molecule has 1 aliphatic rings. The lowest BCUT2D eigenvalue weighted by Crippen LogP contribution is -2.50. The number of benzene rings is 2. The van der Waals surface area contributed by atoms with Crippen molar-refractivity contribution in [1.29, 1.82) is 0 Å². The summed E-state index contributed by atoms with van der Waals surface area (Å²) in [4.78, 5) is 15.0. The zero-order chi connectivity index (χ0) is 23.8. The zero-order valence-electron chi connectivity index (χ0n) is 19.5. The number of carbonyl (C=O) groups excluding carboxylic acids is 1. The Kier molecular flexibility index (Phi) is 6.41. The summed E-state index contributed by atoms with van der Waals surface area (Å²) in [7, 11) is -3.57. The van der Waals surface area contributed by atoms with E-state index >= 15 is 0 Å². The first-order valence-electron chi connectivity index (χ1n) is 11.2. The van der Waals surface area contributed by atoms with E-state index in [4.69, 9.17) is 0 Å². The molecule has 0 atom stereocenters. The molecule has 4 rings (SSSR count). The van der Waals surface area contributed by atoms with E-state index in [0.717, 1.165) is 22.6 Å². The van der Waals surface area contributed by atoms with E-state index in [1.165, 1.54) is 4.31 Å². The van der Waals surface area contributed by atoms with E-state index < -0.39 is 10.0 Å². The standard InChI is InChI=1S/C25H30N4O3S/c1-18(2)21-7-11-24(12-8-21)33(31,32)28-15-13-27(14-16-28)25(30)22-5-9-23(10-6-22)29-20(4)17-19(3)26-29/h5-12,17-18H,13-16H2,1-4H3. The maximum absolute atomic E-state index is 13.0. The van der Waals surface area contributed by atoms with E-state index in [0.29, 0.717) is 29.5 Å². The molecule has 0 saturated carbocycles. The summed E-state index contributed by atoms with van der Waals surface area (Å²) in [5, 5.41) is 4.47. The van der Waals surface area contributed by atoms with Gasteiger partial charge in [0.1, 0.15) is 0 Å². The van der Waals surface area contributed by atoms with Gasteiger partial charge in [-0.15, -0.1) is 0 Å². The number of piperazine rings is 1. The molecular formula is C25H30N4O3S. The highest BCUT2D eigenvalue weighted by atomic mass is 32.2. The van der Waals surface area contributed by atoms with Crippen LogP contribution in [-0.4, -0.2) is 59.5 Å². The summed E-state index contributed by atoms with van der Waals surface area (Å²) in [6.07, 6.45) is 0. The molecule has 3 aromatic rings. The van der Waals surface area contributed by atoms with Gasteiger partial charge in [0, 0.05) is 37.4 Å². The van der Waals surface area contributed by atoms with E-state index in [-0.39, 0.29) is 19.0 Å². The predicted molar refractivity (Wildman–Crippen MR) is 128 cm³/mol. The van der Waals surface area contributed by atoms with Crippen molar-refractivity contribution in [3.05, 3.63) is 77.1 Å². The molecule has 0 bridgehead atoms. The lowest BCUT2D eigenvalue weighted by molar-refractivity contribution is 0.0698. The van der Waals surface area contributed by atoms with Gasteiger partial charge in [-0.25, -0.2) is 13.1 Å². The van der Waals surface area contributed by atoms with Crippen LogP contribution in [0.5, 0.6) is 0 Å². The van der Waals surface area contributed by atoms with Gasteiger partial charge in [-0.2, -0.15) is 9.40 Å². The first-order chi connectivity index (χ1) is 15.7. The van der Waals surface area contributed by atoms with Gasteiger partial charge in [0.05, 0.1) is 16.3 Å². The maximum atomic E-state index is 13.0. The van der Waals surface area contributed by atoms with E-state index in [1.807, 2.05) is 48.9 Å². The van der Waals surface area contributed by atoms with Gasteiger partial charge in [0.15, 0.2) is 0 Å². The average Bonchev–Trinajstić information content (AvgIpc) is 3.16. The largest absolute Gasteiger partial charge is 0.336 e. The molecule has 174 valence electrons. The molecule has 0 radical (unpaired) electrons. The van der Waals surface area contributed by atoms with Crippen LogP contribution in [0.2, 0.25) is 0 Å². The molecule has 2 aromatic carbocycles. The minimum Gasteiger partial charge on any atom is -0.336 e. The molecule has 1 amide bonds. The second-order valence-corrected chi connectivity index (χ2v) is 10.7. The molecule has 1 aromatic heterocycles. The molecule has 0 unspecified atom stereocenters. The molecule has 0 aliphatic carbocycles. The Morgan fingerprint density at radius 3 is 2.03 bits per heavy atom. The van der Waals surface area contributed by atoms with Crippen LogP contribution < -0.4 is 0 Å². The minimum absolute atomic E-state index is 0.0896. The number of aryl methyl sites for hydroxylation is 2. The molecule has 0 spiro atoms. The predicted octanol–water partition coefficient (Wildman–Crippen LogP) is 3.76. The SMILES string of the molecule is Cc1cc(C)n(-c2ccc(C(=O)N3CCN(S(=O)(=O)c4ccc(C(C)C)cc4)CC3)cc2)n1. The van der Waals surface area contributed by atoms with Gasteiger partial charge in [-0.1, -0.05) is 26.0 Å². The lowest BCUT2D eigenvalue weighted by Gasteiger charge is -2.34. The molecule has 33 heavy (non-hydrogen) atoms. The number of hydrogen-bond donors (Lipinski definition) is 0. The number of aromatic nitrogens is 2. The second kappa shape index (κ2) is 9.11. The summed E-state index contributed by atoms with van der Waals surface area (Å²) in [5.41, 5.74) is 4.56. The maximum Gasteiger partial charge on any atom is 0.253 e. The summed E-state index contributed by atoms with van der Waals surface area (Å²) < 4.78 is 29.4. The lowest BCUT2D eigenvalue weighted by atomic mass is 10.0. The van der Waals surface area contributed by atoms with Gasteiger partial charge in [-0.05, 0) is 67.8 Å². The number of carbonyl (C=O) groups is 1. The Morgan fingerprint density at radius 2 is 1.52 bits per heavy atom.